The average Bonchev–Trinajstić information content (AvgIpc) is 3.48. The Morgan fingerprint density at radius 1 is 0.809 bits per heavy atom. The Labute approximate surface area is 272 Å². The minimum atomic E-state index is -3.60. The van der Waals surface area contributed by atoms with Gasteiger partial charge in [-0.15, -0.1) is 0 Å². The summed E-state index contributed by atoms with van der Waals surface area (Å²) in [6, 6.07) is 4.96. The molecule has 3 aliphatic heterocycles. The number of sulfonamides is 2. The number of hydrogen-bond acceptors (Lipinski definition) is 13. The molecule has 3 aromatic rings. The second kappa shape index (κ2) is 13.7. The standard InChI is InChI=1S/C27H38F2N10O6S2/c1-44-21-5-3-4-20-22(21)30-24(23(28)29)39(20)27-32-25(31-26(33-27)36-14-17-45-18-15-36)35-8-12-38(13-9-35)47(42,43)19-16-34-6-10-37(11-7-34)46(2,40)41/h3-5,23H,6-19H2,1-2H3. The number of alkyl halides is 2. The minimum absolute atomic E-state index is 0.0337. The second-order valence-corrected chi connectivity index (χ2v) is 15.5. The molecule has 0 amide bonds. The van der Waals surface area contributed by atoms with Gasteiger partial charge in [0.1, 0.15) is 11.3 Å². The summed E-state index contributed by atoms with van der Waals surface area (Å²) >= 11 is 0. The van der Waals surface area contributed by atoms with Gasteiger partial charge >= 0.3 is 0 Å². The molecule has 1 aromatic carbocycles. The maximum atomic E-state index is 14.4. The molecule has 0 saturated carbocycles. The highest BCUT2D eigenvalue weighted by atomic mass is 32.2. The number of morpholine rings is 1. The number of para-hydroxylation sites is 1. The second-order valence-electron chi connectivity index (χ2n) is 11.5. The van der Waals surface area contributed by atoms with E-state index < -0.39 is 32.3 Å². The van der Waals surface area contributed by atoms with Crippen molar-refractivity contribution in [2.45, 2.75) is 6.43 Å². The normalized spacial score (nSPS) is 19.6. The molecule has 5 heterocycles. The van der Waals surface area contributed by atoms with Crippen LogP contribution in [0.3, 0.4) is 0 Å². The van der Waals surface area contributed by atoms with Crippen molar-refractivity contribution in [3.63, 3.8) is 0 Å². The van der Waals surface area contributed by atoms with Crippen LogP contribution in [0.15, 0.2) is 18.2 Å². The van der Waals surface area contributed by atoms with Crippen LogP contribution in [0.4, 0.5) is 20.7 Å². The maximum Gasteiger partial charge on any atom is 0.296 e. The fourth-order valence-corrected chi connectivity index (χ4v) is 8.22. The van der Waals surface area contributed by atoms with Crippen LogP contribution in [-0.4, -0.2) is 159 Å². The number of ether oxygens (including phenoxy) is 2. The summed E-state index contributed by atoms with van der Waals surface area (Å²) in [5.74, 6) is 0.207. The summed E-state index contributed by atoms with van der Waals surface area (Å²) in [7, 11) is -5.43. The highest BCUT2D eigenvalue weighted by Gasteiger charge is 2.32. The zero-order chi connectivity index (χ0) is 33.3. The van der Waals surface area contributed by atoms with Crippen LogP contribution in [0, 0.1) is 0 Å². The quantitative estimate of drug-likeness (QED) is 0.279. The summed E-state index contributed by atoms with van der Waals surface area (Å²) in [6.07, 6.45) is -1.76. The molecule has 0 aliphatic carbocycles. The van der Waals surface area contributed by atoms with E-state index >= 15 is 0 Å². The predicted octanol–water partition coefficient (Wildman–Crippen LogP) is 0.0223. The number of fused-ring (bicyclic) bond motifs is 1. The molecule has 0 radical (unpaired) electrons. The topological polar surface area (TPSA) is 159 Å². The van der Waals surface area contributed by atoms with Gasteiger partial charge in [-0.1, -0.05) is 6.07 Å². The molecule has 258 valence electrons. The molecule has 0 bridgehead atoms. The molecule has 3 fully saturated rings. The first kappa shape index (κ1) is 33.6. The number of aromatic nitrogens is 5. The fourth-order valence-electron chi connectivity index (χ4n) is 5.93. The van der Waals surface area contributed by atoms with Crippen molar-refractivity contribution in [1.29, 1.82) is 0 Å². The van der Waals surface area contributed by atoms with Crippen LogP contribution in [0.25, 0.3) is 17.0 Å². The van der Waals surface area contributed by atoms with Crippen molar-refractivity contribution in [2.75, 3.05) is 114 Å². The molecule has 0 unspecified atom stereocenters. The number of anilines is 2. The lowest BCUT2D eigenvalue weighted by atomic mass is 10.3. The Balaban J connectivity index is 1.22. The van der Waals surface area contributed by atoms with Gasteiger partial charge in [-0.3, -0.25) is 9.47 Å². The SMILES string of the molecule is COc1cccc2c1nc(C(F)F)n2-c1nc(N2CCOCC2)nc(N2CCN(S(=O)(=O)CCN3CCN(S(C)(=O)=O)CC3)CC2)n1. The van der Waals surface area contributed by atoms with E-state index in [4.69, 9.17) is 14.5 Å². The number of rotatable bonds is 10. The van der Waals surface area contributed by atoms with Crippen molar-refractivity contribution in [3.8, 4) is 11.7 Å². The Hall–Kier alpha value is -3.30. The molecule has 3 saturated heterocycles. The van der Waals surface area contributed by atoms with Crippen molar-refractivity contribution in [3.05, 3.63) is 24.0 Å². The zero-order valence-corrected chi connectivity index (χ0v) is 27.8. The van der Waals surface area contributed by atoms with Crippen LogP contribution in [0.1, 0.15) is 12.2 Å². The number of hydrogen-bond donors (Lipinski definition) is 0. The lowest BCUT2D eigenvalue weighted by Gasteiger charge is -2.36. The monoisotopic (exact) mass is 700 g/mol. The summed E-state index contributed by atoms with van der Waals surface area (Å²) in [4.78, 5) is 23.8. The average molecular weight is 701 g/mol. The Morgan fingerprint density at radius 3 is 2.00 bits per heavy atom. The number of halogens is 2. The first-order valence-corrected chi connectivity index (χ1v) is 18.7. The molecule has 3 aliphatic rings. The first-order valence-electron chi connectivity index (χ1n) is 15.3. The van der Waals surface area contributed by atoms with E-state index in [9.17, 15) is 25.6 Å². The van der Waals surface area contributed by atoms with E-state index in [-0.39, 0.29) is 49.3 Å². The van der Waals surface area contributed by atoms with Crippen LogP contribution in [-0.2, 0) is 24.8 Å². The molecular weight excluding hydrogens is 662 g/mol. The summed E-state index contributed by atoms with van der Waals surface area (Å²) in [5, 5.41) is 0. The van der Waals surface area contributed by atoms with Gasteiger partial charge in [0.15, 0.2) is 5.82 Å². The smallest absolute Gasteiger partial charge is 0.296 e. The van der Waals surface area contributed by atoms with Gasteiger partial charge in [-0.2, -0.15) is 23.6 Å². The van der Waals surface area contributed by atoms with E-state index in [0.717, 1.165) is 0 Å². The van der Waals surface area contributed by atoms with E-state index in [0.29, 0.717) is 76.2 Å². The Morgan fingerprint density at radius 2 is 1.40 bits per heavy atom. The Bertz CT molecular complexity index is 1790. The van der Waals surface area contributed by atoms with Crippen LogP contribution in [0.5, 0.6) is 5.75 Å². The van der Waals surface area contributed by atoms with Gasteiger partial charge in [-0.05, 0) is 12.1 Å². The predicted molar refractivity (Wildman–Crippen MR) is 169 cm³/mol. The van der Waals surface area contributed by atoms with Gasteiger partial charge in [0.25, 0.3) is 6.43 Å². The fraction of sp³-hybridized carbons (Fsp3) is 0.630. The van der Waals surface area contributed by atoms with Gasteiger partial charge in [0, 0.05) is 72.0 Å². The molecular formula is C27H38F2N10O6S2. The largest absolute Gasteiger partial charge is 0.494 e. The van der Waals surface area contributed by atoms with Gasteiger partial charge in [0.05, 0.1) is 37.8 Å². The van der Waals surface area contributed by atoms with Crippen LogP contribution in [0.2, 0.25) is 0 Å². The van der Waals surface area contributed by atoms with Crippen molar-refractivity contribution in [1.82, 2.24) is 38.0 Å². The molecule has 47 heavy (non-hydrogen) atoms. The number of methoxy groups -OCH3 is 1. The van der Waals surface area contributed by atoms with E-state index in [1.807, 2.05) is 14.7 Å². The van der Waals surface area contributed by atoms with E-state index in [1.54, 1.807) is 18.2 Å². The van der Waals surface area contributed by atoms with Gasteiger partial charge in [0.2, 0.25) is 37.9 Å². The lowest BCUT2D eigenvalue weighted by Crippen LogP contribution is -2.52. The molecule has 0 spiro atoms. The summed E-state index contributed by atoms with van der Waals surface area (Å²) < 4.78 is 93.7. The zero-order valence-electron chi connectivity index (χ0n) is 26.2. The van der Waals surface area contributed by atoms with Crippen molar-refractivity contribution in [2.24, 2.45) is 0 Å². The molecule has 0 N–H and O–H groups in total. The molecule has 0 atom stereocenters. The highest BCUT2D eigenvalue weighted by molar-refractivity contribution is 7.89. The molecule has 20 heteroatoms. The minimum Gasteiger partial charge on any atom is -0.494 e. The van der Waals surface area contributed by atoms with E-state index in [2.05, 4.69) is 15.0 Å². The Kier molecular flexibility index (Phi) is 9.77. The maximum absolute atomic E-state index is 14.4. The van der Waals surface area contributed by atoms with E-state index in [1.165, 1.54) is 26.5 Å². The molecule has 2 aromatic heterocycles. The number of piperazine rings is 2. The van der Waals surface area contributed by atoms with Gasteiger partial charge < -0.3 is 19.3 Å². The lowest BCUT2D eigenvalue weighted by molar-refractivity contribution is 0.122. The molecule has 16 nitrogen and oxygen atoms in total. The third-order valence-corrected chi connectivity index (χ3v) is 11.7. The summed E-state index contributed by atoms with van der Waals surface area (Å²) in [5.41, 5.74) is 0.592. The first-order chi connectivity index (χ1) is 22.4. The third kappa shape index (κ3) is 7.26. The number of nitrogens with zero attached hydrogens (tertiary/aromatic N) is 10. The van der Waals surface area contributed by atoms with Crippen molar-refractivity contribution < 1.29 is 35.1 Å². The highest BCUT2D eigenvalue weighted by Crippen LogP contribution is 2.32. The van der Waals surface area contributed by atoms with Crippen LogP contribution >= 0.6 is 0 Å². The number of benzene rings is 1. The van der Waals surface area contributed by atoms with Crippen LogP contribution < -0.4 is 14.5 Å². The number of imidazole rings is 1. The van der Waals surface area contributed by atoms with Gasteiger partial charge in [-0.25, -0.2) is 30.6 Å². The van der Waals surface area contributed by atoms with Crippen molar-refractivity contribution >= 4 is 43.0 Å². The summed E-state index contributed by atoms with van der Waals surface area (Å²) in [6.45, 7) is 4.73. The third-order valence-electron chi connectivity index (χ3n) is 8.56. The molecule has 6 rings (SSSR count).